The quantitative estimate of drug-likeness (QED) is 0.373. The highest BCUT2D eigenvalue weighted by molar-refractivity contribution is 6.35. The van der Waals surface area contributed by atoms with E-state index in [0.717, 1.165) is 28.6 Å². The molecule has 0 aliphatic rings. The zero-order valence-corrected chi connectivity index (χ0v) is 15.9. The van der Waals surface area contributed by atoms with Gasteiger partial charge in [0.1, 0.15) is 5.75 Å². The predicted octanol–water partition coefficient (Wildman–Crippen LogP) is 4.95. The molecule has 24 heavy (non-hydrogen) atoms. The van der Waals surface area contributed by atoms with Crippen molar-refractivity contribution in [3.63, 3.8) is 0 Å². The number of aryl methyl sites for hydroxylation is 1. The van der Waals surface area contributed by atoms with Crippen LogP contribution in [-0.4, -0.2) is 41.0 Å². The SMILES string of the molecule is CCN(C)C=Nc1cc(C(F)(F)F)c(OCCC(C)[Si]C)cc1C. The van der Waals surface area contributed by atoms with E-state index in [1.807, 2.05) is 14.0 Å². The van der Waals surface area contributed by atoms with Crippen LogP contribution in [0.25, 0.3) is 0 Å². The van der Waals surface area contributed by atoms with Crippen LogP contribution in [0.3, 0.4) is 0 Å². The van der Waals surface area contributed by atoms with Crippen LogP contribution < -0.4 is 4.74 Å². The molecular weight excluding hydrogens is 333 g/mol. The molecule has 2 radical (unpaired) electrons. The van der Waals surface area contributed by atoms with Crippen molar-refractivity contribution in [2.45, 2.75) is 45.5 Å². The molecule has 1 aromatic carbocycles. The molecular formula is C17H25F3N2OSi. The van der Waals surface area contributed by atoms with Gasteiger partial charge in [0.25, 0.3) is 0 Å². The van der Waals surface area contributed by atoms with Crippen LogP contribution in [0, 0.1) is 6.92 Å². The summed E-state index contributed by atoms with van der Waals surface area (Å²) in [4.78, 5) is 5.96. The zero-order chi connectivity index (χ0) is 18.3. The lowest BCUT2D eigenvalue weighted by molar-refractivity contribution is -0.138. The first-order valence-electron chi connectivity index (χ1n) is 7.95. The first-order chi connectivity index (χ1) is 11.2. The molecule has 134 valence electrons. The molecule has 0 amide bonds. The maximum absolute atomic E-state index is 13.3. The topological polar surface area (TPSA) is 24.8 Å². The lowest BCUT2D eigenvalue weighted by Gasteiger charge is -2.17. The van der Waals surface area contributed by atoms with Crippen molar-refractivity contribution in [3.05, 3.63) is 23.3 Å². The van der Waals surface area contributed by atoms with Gasteiger partial charge in [-0.25, -0.2) is 4.99 Å². The normalized spacial score (nSPS) is 13.3. The average molecular weight is 358 g/mol. The largest absolute Gasteiger partial charge is 0.493 e. The third kappa shape index (κ3) is 6.18. The fraction of sp³-hybridized carbons (Fsp3) is 0.588. The molecule has 0 saturated carbocycles. The molecule has 0 fully saturated rings. The van der Waals surface area contributed by atoms with E-state index in [-0.39, 0.29) is 12.4 Å². The lowest BCUT2D eigenvalue weighted by atomic mass is 10.1. The Morgan fingerprint density at radius 3 is 2.58 bits per heavy atom. The Labute approximate surface area is 144 Å². The third-order valence-corrected chi connectivity index (χ3v) is 5.07. The van der Waals surface area contributed by atoms with E-state index in [1.54, 1.807) is 11.8 Å². The molecule has 0 N–H and O–H groups in total. The van der Waals surface area contributed by atoms with E-state index in [2.05, 4.69) is 18.5 Å². The van der Waals surface area contributed by atoms with Crippen molar-refractivity contribution in [3.8, 4) is 5.75 Å². The fourth-order valence-electron chi connectivity index (χ4n) is 1.88. The average Bonchev–Trinajstić information content (AvgIpc) is 2.52. The summed E-state index contributed by atoms with van der Waals surface area (Å²) in [6.45, 7) is 8.84. The monoisotopic (exact) mass is 358 g/mol. The fourth-order valence-corrected chi connectivity index (χ4v) is 2.29. The Kier molecular flexibility index (Phi) is 7.79. The van der Waals surface area contributed by atoms with Crippen molar-refractivity contribution in [2.24, 2.45) is 4.99 Å². The summed E-state index contributed by atoms with van der Waals surface area (Å²) in [5.74, 6) is -0.116. The number of nitrogens with zero attached hydrogens (tertiary/aromatic N) is 2. The number of halogens is 3. The van der Waals surface area contributed by atoms with Crippen molar-refractivity contribution in [2.75, 3.05) is 20.2 Å². The molecule has 0 aromatic heterocycles. The number of hydrogen-bond acceptors (Lipinski definition) is 2. The maximum atomic E-state index is 13.3. The van der Waals surface area contributed by atoms with Crippen LogP contribution >= 0.6 is 0 Å². The number of rotatable bonds is 8. The minimum Gasteiger partial charge on any atom is -0.493 e. The second-order valence-electron chi connectivity index (χ2n) is 5.78. The van der Waals surface area contributed by atoms with E-state index in [9.17, 15) is 13.2 Å². The minimum absolute atomic E-state index is 0.116. The molecule has 0 heterocycles. The Morgan fingerprint density at radius 2 is 2.04 bits per heavy atom. The van der Waals surface area contributed by atoms with Crippen molar-refractivity contribution in [1.29, 1.82) is 0 Å². The Hall–Kier alpha value is -1.50. The Bertz CT molecular complexity index is 562. The van der Waals surface area contributed by atoms with E-state index in [0.29, 0.717) is 16.8 Å². The van der Waals surface area contributed by atoms with Crippen LogP contribution in [0.5, 0.6) is 5.75 Å². The van der Waals surface area contributed by atoms with Gasteiger partial charge in [0.15, 0.2) is 0 Å². The second kappa shape index (κ2) is 9.10. The summed E-state index contributed by atoms with van der Waals surface area (Å²) in [6.07, 6.45) is -2.19. The number of ether oxygens (including phenoxy) is 1. The summed E-state index contributed by atoms with van der Waals surface area (Å²) >= 11 is 0. The van der Waals surface area contributed by atoms with Gasteiger partial charge in [-0.05, 0) is 43.5 Å². The summed E-state index contributed by atoms with van der Waals surface area (Å²) < 4.78 is 45.4. The molecule has 1 aromatic rings. The number of aliphatic imine (C=N–C) groups is 1. The highest BCUT2D eigenvalue weighted by Crippen LogP contribution is 2.40. The van der Waals surface area contributed by atoms with Gasteiger partial charge in [0, 0.05) is 23.1 Å². The summed E-state index contributed by atoms with van der Waals surface area (Å²) in [6, 6.07) is 2.50. The number of hydrogen-bond donors (Lipinski definition) is 0. The molecule has 1 atom stereocenters. The van der Waals surface area contributed by atoms with Gasteiger partial charge in [-0.15, -0.1) is 0 Å². The molecule has 1 rings (SSSR count). The Balaban J connectivity index is 3.07. The van der Waals surface area contributed by atoms with Gasteiger partial charge in [0.05, 0.1) is 24.2 Å². The third-order valence-electron chi connectivity index (χ3n) is 3.80. The summed E-state index contributed by atoms with van der Waals surface area (Å²) in [7, 11) is 2.57. The summed E-state index contributed by atoms with van der Waals surface area (Å²) in [5, 5.41) is 0. The highest BCUT2D eigenvalue weighted by atomic mass is 28.2. The highest BCUT2D eigenvalue weighted by Gasteiger charge is 2.35. The minimum atomic E-state index is -4.47. The second-order valence-corrected chi connectivity index (χ2v) is 7.34. The van der Waals surface area contributed by atoms with Crippen molar-refractivity contribution in [1.82, 2.24) is 4.90 Å². The van der Waals surface area contributed by atoms with Gasteiger partial charge in [-0.1, -0.05) is 13.5 Å². The van der Waals surface area contributed by atoms with Crippen LogP contribution in [0.15, 0.2) is 17.1 Å². The van der Waals surface area contributed by atoms with Crippen LogP contribution in [-0.2, 0) is 6.18 Å². The molecule has 3 nitrogen and oxygen atoms in total. The van der Waals surface area contributed by atoms with E-state index in [4.69, 9.17) is 4.74 Å². The molecule has 0 saturated heterocycles. The smallest absolute Gasteiger partial charge is 0.420 e. The van der Waals surface area contributed by atoms with Crippen LogP contribution in [0.4, 0.5) is 18.9 Å². The standard InChI is InChI=1S/C17H25F3N2OSi/c1-6-22(4)11-21-15-10-14(17(18,19)20)16(9-12(15)2)23-8-7-13(3)24-5/h9-11,13H,6-8H2,1-5H3. The van der Waals surface area contributed by atoms with Gasteiger partial charge < -0.3 is 9.64 Å². The first-order valence-corrected chi connectivity index (χ1v) is 9.53. The van der Waals surface area contributed by atoms with Crippen molar-refractivity contribution < 1.29 is 17.9 Å². The molecule has 1 unspecified atom stereocenters. The Morgan fingerprint density at radius 1 is 1.38 bits per heavy atom. The lowest BCUT2D eigenvalue weighted by Crippen LogP contribution is -2.14. The number of alkyl halides is 3. The van der Waals surface area contributed by atoms with Crippen molar-refractivity contribution >= 4 is 21.5 Å². The van der Waals surface area contributed by atoms with Crippen LogP contribution in [0.1, 0.15) is 31.4 Å². The summed E-state index contributed by atoms with van der Waals surface area (Å²) in [5.41, 5.74) is 0.641. The van der Waals surface area contributed by atoms with Gasteiger partial charge in [-0.2, -0.15) is 13.2 Å². The van der Waals surface area contributed by atoms with Gasteiger partial charge in [-0.3, -0.25) is 0 Å². The van der Waals surface area contributed by atoms with Crippen LogP contribution in [0.2, 0.25) is 12.1 Å². The molecule has 0 aliphatic heterocycles. The maximum Gasteiger partial charge on any atom is 0.420 e. The zero-order valence-electron chi connectivity index (χ0n) is 14.9. The first kappa shape index (κ1) is 20.5. The molecule has 0 aliphatic carbocycles. The molecule has 0 spiro atoms. The van der Waals surface area contributed by atoms with Gasteiger partial charge >= 0.3 is 6.18 Å². The molecule has 0 bridgehead atoms. The predicted molar refractivity (Wildman–Crippen MR) is 93.8 cm³/mol. The molecule has 7 heteroatoms. The van der Waals surface area contributed by atoms with E-state index in [1.165, 1.54) is 12.4 Å². The number of benzene rings is 1. The van der Waals surface area contributed by atoms with Gasteiger partial charge in [0.2, 0.25) is 0 Å². The van der Waals surface area contributed by atoms with E-state index >= 15 is 0 Å². The van der Waals surface area contributed by atoms with E-state index < -0.39 is 11.7 Å².